The Morgan fingerprint density at radius 2 is 0.714 bits per heavy atom. The highest BCUT2D eigenvalue weighted by Crippen LogP contribution is 2.35. The largest absolute Gasteiger partial charge is 0.396 e. The molecule has 0 heterocycles. The SMILES string of the molecule is OCCSCC(CSCCO)(CSCCO)CSCCO. The smallest absolute Gasteiger partial charge is 0.0521 e. The first-order valence-corrected chi connectivity index (χ1v) is 11.6. The second-order valence-corrected chi connectivity index (χ2v) is 9.03. The van der Waals surface area contributed by atoms with Crippen LogP contribution in [0.25, 0.3) is 0 Å². The van der Waals surface area contributed by atoms with Gasteiger partial charge in [-0.15, -0.1) is 0 Å². The minimum absolute atomic E-state index is 0.110. The Labute approximate surface area is 145 Å². The molecule has 21 heavy (non-hydrogen) atoms. The van der Waals surface area contributed by atoms with Gasteiger partial charge < -0.3 is 20.4 Å². The predicted molar refractivity (Wildman–Crippen MR) is 100 cm³/mol. The maximum absolute atomic E-state index is 8.97. The Bertz CT molecular complexity index is 177. The topological polar surface area (TPSA) is 80.9 Å². The van der Waals surface area contributed by atoms with Crippen LogP contribution in [0.4, 0.5) is 0 Å². The van der Waals surface area contributed by atoms with E-state index in [0.717, 1.165) is 46.0 Å². The average Bonchev–Trinajstić information content (AvgIpc) is 2.48. The second-order valence-electron chi connectivity index (χ2n) is 4.60. The lowest BCUT2D eigenvalue weighted by molar-refractivity contribution is 0.322. The molecule has 0 saturated heterocycles. The predicted octanol–water partition coefficient (Wildman–Crippen LogP) is 0.875. The second kappa shape index (κ2) is 16.1. The van der Waals surface area contributed by atoms with Crippen LogP contribution >= 0.6 is 47.0 Å². The normalized spacial score (nSPS) is 12.0. The van der Waals surface area contributed by atoms with E-state index >= 15 is 0 Å². The zero-order chi connectivity index (χ0) is 15.8. The van der Waals surface area contributed by atoms with Gasteiger partial charge in [0.1, 0.15) is 0 Å². The molecule has 0 aromatic carbocycles. The molecule has 0 aliphatic heterocycles. The molecule has 8 heteroatoms. The third-order valence-corrected chi connectivity index (χ3v) is 7.73. The Morgan fingerprint density at radius 1 is 0.476 bits per heavy atom. The lowest BCUT2D eigenvalue weighted by Gasteiger charge is -2.33. The van der Waals surface area contributed by atoms with E-state index in [1.165, 1.54) is 0 Å². The van der Waals surface area contributed by atoms with Crippen molar-refractivity contribution in [2.75, 3.05) is 72.5 Å². The van der Waals surface area contributed by atoms with E-state index < -0.39 is 0 Å². The zero-order valence-corrected chi connectivity index (χ0v) is 15.7. The van der Waals surface area contributed by atoms with Gasteiger partial charge in [-0.05, 0) is 0 Å². The van der Waals surface area contributed by atoms with Crippen LogP contribution in [0.1, 0.15) is 0 Å². The van der Waals surface area contributed by atoms with E-state index in [1.807, 2.05) is 0 Å². The number of hydrogen-bond acceptors (Lipinski definition) is 8. The molecule has 0 unspecified atom stereocenters. The number of thioether (sulfide) groups is 4. The summed E-state index contributed by atoms with van der Waals surface area (Å²) in [4.78, 5) is 0. The van der Waals surface area contributed by atoms with Crippen molar-refractivity contribution in [1.29, 1.82) is 0 Å². The molecule has 0 bridgehead atoms. The van der Waals surface area contributed by atoms with Crippen LogP contribution in [0, 0.1) is 5.41 Å². The molecular formula is C13H28O4S4. The quantitative estimate of drug-likeness (QED) is 0.296. The fourth-order valence-electron chi connectivity index (χ4n) is 1.66. The summed E-state index contributed by atoms with van der Waals surface area (Å²) in [7, 11) is 0. The van der Waals surface area contributed by atoms with Crippen molar-refractivity contribution in [3.63, 3.8) is 0 Å². The van der Waals surface area contributed by atoms with Crippen molar-refractivity contribution < 1.29 is 20.4 Å². The zero-order valence-electron chi connectivity index (χ0n) is 12.4. The molecule has 0 atom stereocenters. The summed E-state index contributed by atoms with van der Waals surface area (Å²) in [6.45, 7) is 0.770. The number of hydrogen-bond donors (Lipinski definition) is 4. The summed E-state index contributed by atoms with van der Waals surface area (Å²) >= 11 is 7.03. The van der Waals surface area contributed by atoms with Crippen LogP contribution in [0.3, 0.4) is 0 Å². The standard InChI is InChI=1S/C13H28O4S4/c14-1-5-18-9-13(10-19-6-2-15,11-20-7-3-16)12-21-8-4-17/h14-17H,1-12H2. The highest BCUT2D eigenvalue weighted by Gasteiger charge is 2.30. The molecule has 0 spiro atoms. The summed E-state index contributed by atoms with van der Waals surface area (Å²) in [5.74, 6) is 6.80. The maximum atomic E-state index is 8.97. The molecule has 4 nitrogen and oxygen atoms in total. The van der Waals surface area contributed by atoms with Crippen molar-refractivity contribution in [2.24, 2.45) is 5.41 Å². The first-order chi connectivity index (χ1) is 10.2. The Morgan fingerprint density at radius 3 is 0.905 bits per heavy atom. The minimum Gasteiger partial charge on any atom is -0.396 e. The Balaban J connectivity index is 4.52. The van der Waals surface area contributed by atoms with E-state index in [0.29, 0.717) is 0 Å². The van der Waals surface area contributed by atoms with Crippen molar-refractivity contribution in [3.05, 3.63) is 0 Å². The number of aliphatic hydroxyl groups excluding tert-OH is 4. The van der Waals surface area contributed by atoms with Gasteiger partial charge in [0.15, 0.2) is 0 Å². The molecule has 0 aromatic rings. The molecule has 0 amide bonds. The first-order valence-electron chi connectivity index (χ1n) is 6.99. The van der Waals surface area contributed by atoms with Crippen molar-refractivity contribution >= 4 is 47.0 Å². The molecule has 0 fully saturated rings. The highest BCUT2D eigenvalue weighted by atomic mass is 32.2. The van der Waals surface area contributed by atoms with Gasteiger partial charge in [-0.25, -0.2) is 0 Å². The molecule has 0 aliphatic carbocycles. The van der Waals surface area contributed by atoms with Gasteiger partial charge >= 0.3 is 0 Å². The molecule has 0 aromatic heterocycles. The summed E-state index contributed by atoms with van der Waals surface area (Å²) in [5, 5.41) is 35.9. The molecule has 0 rings (SSSR count). The van der Waals surface area contributed by atoms with Gasteiger partial charge in [-0.2, -0.15) is 47.0 Å². The molecule has 128 valence electrons. The third kappa shape index (κ3) is 12.3. The summed E-state index contributed by atoms with van der Waals surface area (Å²) < 4.78 is 0. The molecule has 0 radical (unpaired) electrons. The van der Waals surface area contributed by atoms with Crippen LogP contribution in [-0.4, -0.2) is 92.9 Å². The molecule has 0 aliphatic rings. The summed E-state index contributed by atoms with van der Waals surface area (Å²) in [6.07, 6.45) is 0. The van der Waals surface area contributed by atoms with E-state index in [1.54, 1.807) is 47.0 Å². The third-order valence-electron chi connectivity index (χ3n) is 2.58. The van der Waals surface area contributed by atoms with Gasteiger partial charge in [0, 0.05) is 51.4 Å². The molecule has 4 N–H and O–H groups in total. The monoisotopic (exact) mass is 376 g/mol. The summed E-state index contributed by atoms with van der Waals surface area (Å²) in [5.41, 5.74) is 0.110. The number of rotatable bonds is 16. The van der Waals surface area contributed by atoms with Crippen molar-refractivity contribution in [2.45, 2.75) is 0 Å². The lowest BCUT2D eigenvalue weighted by Crippen LogP contribution is -2.34. The lowest BCUT2D eigenvalue weighted by atomic mass is 9.99. The first kappa shape index (κ1) is 22.2. The van der Waals surface area contributed by atoms with E-state index in [2.05, 4.69) is 0 Å². The minimum atomic E-state index is 0.110. The van der Waals surface area contributed by atoms with Gasteiger partial charge in [0.2, 0.25) is 0 Å². The van der Waals surface area contributed by atoms with E-state index in [-0.39, 0.29) is 31.8 Å². The van der Waals surface area contributed by atoms with Gasteiger partial charge in [-0.3, -0.25) is 0 Å². The van der Waals surface area contributed by atoms with Crippen molar-refractivity contribution in [3.8, 4) is 0 Å². The highest BCUT2D eigenvalue weighted by molar-refractivity contribution is 8.02. The number of aliphatic hydroxyl groups is 4. The van der Waals surface area contributed by atoms with Crippen molar-refractivity contribution in [1.82, 2.24) is 0 Å². The van der Waals surface area contributed by atoms with Crippen LogP contribution < -0.4 is 0 Å². The molecule has 0 saturated carbocycles. The van der Waals surface area contributed by atoms with E-state index in [4.69, 9.17) is 20.4 Å². The summed E-state index contributed by atoms with van der Waals surface area (Å²) in [6, 6.07) is 0. The fourth-order valence-corrected chi connectivity index (χ4v) is 6.49. The average molecular weight is 377 g/mol. The van der Waals surface area contributed by atoms with Gasteiger partial charge in [0.25, 0.3) is 0 Å². The van der Waals surface area contributed by atoms with E-state index in [9.17, 15) is 0 Å². The van der Waals surface area contributed by atoms with Crippen LogP contribution in [0.5, 0.6) is 0 Å². The maximum Gasteiger partial charge on any atom is 0.0521 e. The fraction of sp³-hybridized carbons (Fsp3) is 1.00. The van der Waals surface area contributed by atoms with Gasteiger partial charge in [0.05, 0.1) is 26.4 Å². The molecular weight excluding hydrogens is 348 g/mol. The van der Waals surface area contributed by atoms with Gasteiger partial charge in [-0.1, -0.05) is 0 Å². The Kier molecular flexibility index (Phi) is 17.1. The van der Waals surface area contributed by atoms with Crippen LogP contribution in [-0.2, 0) is 0 Å². The Hall–Kier alpha value is 1.24. The van der Waals surface area contributed by atoms with Crippen LogP contribution in [0.15, 0.2) is 0 Å². The van der Waals surface area contributed by atoms with Crippen LogP contribution in [0.2, 0.25) is 0 Å².